The minimum absolute atomic E-state index is 0.247. The van der Waals surface area contributed by atoms with Crippen LogP contribution < -0.4 is 5.32 Å². The maximum absolute atomic E-state index is 11.8. The van der Waals surface area contributed by atoms with E-state index >= 15 is 0 Å². The minimum atomic E-state index is -1.74. The minimum Gasteiger partial charge on any atom is -0.466 e. The summed E-state index contributed by atoms with van der Waals surface area (Å²) in [6.45, 7) is 0.437. The van der Waals surface area contributed by atoms with Crippen LogP contribution in [-0.4, -0.2) is 81.0 Å². The van der Waals surface area contributed by atoms with Crippen molar-refractivity contribution < 1.29 is 39.5 Å². The van der Waals surface area contributed by atoms with Crippen LogP contribution in [0.5, 0.6) is 0 Å². The molecule has 6 atom stereocenters. The number of carbonyl (C=O) groups is 2. The fraction of sp³-hybridized carbons (Fsp3) is 0.833. The highest BCUT2D eigenvalue weighted by molar-refractivity contribution is 9.10. The van der Waals surface area contributed by atoms with Gasteiger partial charge in [-0.25, -0.2) is 4.79 Å². The summed E-state index contributed by atoms with van der Waals surface area (Å²) in [4.78, 5) is 23.0. The second-order valence-electron chi connectivity index (χ2n) is 5.04. The summed E-state index contributed by atoms with van der Waals surface area (Å²) in [5, 5.41) is 41.2. The Morgan fingerprint density at radius 2 is 2.09 bits per heavy atom. The molecule has 0 aromatic rings. The number of esters is 1. The molecule has 1 rings (SSSR count). The molecule has 1 amide bonds. The van der Waals surface area contributed by atoms with Crippen molar-refractivity contribution in [3.05, 3.63) is 0 Å². The summed E-state index contributed by atoms with van der Waals surface area (Å²) >= 11 is 3.01. The van der Waals surface area contributed by atoms with Gasteiger partial charge in [0.2, 0.25) is 10.4 Å². The monoisotopic (exact) mass is 385 g/mol. The third-order valence-electron chi connectivity index (χ3n) is 3.34. The van der Waals surface area contributed by atoms with Crippen LogP contribution in [0.15, 0.2) is 0 Å². The number of methoxy groups -OCH3 is 1. The van der Waals surface area contributed by atoms with Gasteiger partial charge in [0.15, 0.2) is 0 Å². The van der Waals surface area contributed by atoms with Gasteiger partial charge in [-0.2, -0.15) is 0 Å². The van der Waals surface area contributed by atoms with Crippen molar-refractivity contribution in [1.82, 2.24) is 5.32 Å². The maximum Gasteiger partial charge on any atom is 0.349 e. The Balaban J connectivity index is 3.09. The van der Waals surface area contributed by atoms with E-state index in [2.05, 4.69) is 26.0 Å². The number of rotatable bonds is 5. The quantitative estimate of drug-likeness (QED) is 0.260. The van der Waals surface area contributed by atoms with Crippen LogP contribution in [0.1, 0.15) is 13.3 Å². The van der Waals surface area contributed by atoms with Crippen LogP contribution in [-0.2, 0) is 19.1 Å². The average molecular weight is 386 g/mol. The number of hydrogen-bond acceptors (Lipinski definition) is 8. The van der Waals surface area contributed by atoms with Gasteiger partial charge in [0.25, 0.3) is 0 Å². The zero-order valence-electron chi connectivity index (χ0n) is 12.1. The van der Waals surface area contributed by atoms with Crippen molar-refractivity contribution in [3.63, 3.8) is 0 Å². The molecule has 1 heterocycles. The fourth-order valence-electron chi connectivity index (χ4n) is 2.26. The fourth-order valence-corrected chi connectivity index (χ4v) is 2.97. The second kappa shape index (κ2) is 7.66. The smallest absolute Gasteiger partial charge is 0.349 e. The van der Waals surface area contributed by atoms with Crippen LogP contribution in [0.4, 0.5) is 0 Å². The van der Waals surface area contributed by atoms with E-state index in [1.54, 1.807) is 0 Å². The number of amides is 1. The highest BCUT2D eigenvalue weighted by atomic mass is 79.9. The zero-order valence-corrected chi connectivity index (χ0v) is 13.7. The van der Waals surface area contributed by atoms with Gasteiger partial charge in [-0.1, -0.05) is 0 Å². The Morgan fingerprint density at radius 3 is 2.55 bits per heavy atom. The Bertz CT molecular complexity index is 422. The van der Waals surface area contributed by atoms with E-state index in [0.29, 0.717) is 0 Å². The molecular formula is C12H20BrNO8. The molecule has 0 saturated carbocycles. The molecule has 9 nitrogen and oxygen atoms in total. The van der Waals surface area contributed by atoms with Crippen molar-refractivity contribution in [2.75, 3.05) is 13.7 Å². The molecule has 1 aliphatic rings. The highest BCUT2D eigenvalue weighted by Gasteiger charge is 2.53. The van der Waals surface area contributed by atoms with Gasteiger partial charge in [-0.05, 0) is 15.9 Å². The van der Waals surface area contributed by atoms with E-state index in [-0.39, 0.29) is 6.42 Å². The molecule has 22 heavy (non-hydrogen) atoms. The normalized spacial score (nSPS) is 34.6. The SMILES string of the molecule is COC(=O)C1(Br)C[C@H](O)[C@@H](NC(C)=O)[C@H]([C@H](O)[C@H](O)CO)O1. The summed E-state index contributed by atoms with van der Waals surface area (Å²) in [7, 11) is 1.12. The molecular weight excluding hydrogens is 366 g/mol. The number of aliphatic hydroxyl groups is 4. The highest BCUT2D eigenvalue weighted by Crippen LogP contribution is 2.37. The summed E-state index contributed by atoms with van der Waals surface area (Å²) in [5.41, 5.74) is 0. The molecule has 0 aliphatic carbocycles. The van der Waals surface area contributed by atoms with Gasteiger partial charge < -0.3 is 35.2 Å². The Morgan fingerprint density at radius 1 is 1.50 bits per heavy atom. The van der Waals surface area contributed by atoms with Crippen molar-refractivity contribution in [2.24, 2.45) is 0 Å². The maximum atomic E-state index is 11.8. The van der Waals surface area contributed by atoms with Crippen LogP contribution in [0.25, 0.3) is 0 Å². The van der Waals surface area contributed by atoms with Gasteiger partial charge in [0.05, 0.1) is 25.9 Å². The lowest BCUT2D eigenvalue weighted by atomic mass is 9.90. The Labute approximate surface area is 135 Å². The topological polar surface area (TPSA) is 146 Å². The predicted octanol–water partition coefficient (Wildman–Crippen LogP) is -2.38. The Kier molecular flexibility index (Phi) is 6.71. The van der Waals surface area contributed by atoms with Crippen LogP contribution in [0.2, 0.25) is 0 Å². The van der Waals surface area contributed by atoms with E-state index < -0.39 is 53.5 Å². The van der Waals surface area contributed by atoms with Crippen molar-refractivity contribution in [2.45, 2.75) is 48.3 Å². The number of alkyl halides is 1. The first-order chi connectivity index (χ1) is 10.2. The van der Waals surface area contributed by atoms with E-state index in [1.165, 1.54) is 6.92 Å². The number of ether oxygens (including phenoxy) is 2. The largest absolute Gasteiger partial charge is 0.466 e. The first-order valence-electron chi connectivity index (χ1n) is 6.53. The third-order valence-corrected chi connectivity index (χ3v) is 4.18. The van der Waals surface area contributed by atoms with Crippen molar-refractivity contribution in [3.8, 4) is 0 Å². The summed E-state index contributed by atoms with van der Waals surface area (Å²) in [6, 6.07) is -1.08. The van der Waals surface area contributed by atoms with Crippen molar-refractivity contribution in [1.29, 1.82) is 0 Å². The second-order valence-corrected chi connectivity index (χ2v) is 6.32. The molecule has 128 valence electrons. The lowest BCUT2D eigenvalue weighted by molar-refractivity contribution is -0.205. The standard InChI is InChI=1S/C12H20BrNO8/c1-5(16)14-8-6(17)3-12(13,11(20)21-2)22-10(8)9(19)7(18)4-15/h6-10,15,17-19H,3-4H2,1-2H3,(H,14,16)/t6-,7+,8+,9+,10+,12?/m0/s1. The molecule has 0 aromatic heterocycles. The first-order valence-corrected chi connectivity index (χ1v) is 7.33. The lowest BCUT2D eigenvalue weighted by Crippen LogP contribution is -2.65. The van der Waals surface area contributed by atoms with Gasteiger partial charge in [-0.3, -0.25) is 4.79 Å². The average Bonchev–Trinajstić information content (AvgIpc) is 2.46. The lowest BCUT2D eigenvalue weighted by Gasteiger charge is -2.45. The summed E-state index contributed by atoms with van der Waals surface area (Å²) in [5.74, 6) is -1.34. The van der Waals surface area contributed by atoms with E-state index in [0.717, 1.165) is 7.11 Å². The number of aliphatic hydroxyl groups excluding tert-OH is 4. The molecule has 1 unspecified atom stereocenters. The molecule has 5 N–H and O–H groups in total. The van der Waals surface area contributed by atoms with Gasteiger partial charge >= 0.3 is 5.97 Å². The molecule has 1 fully saturated rings. The summed E-state index contributed by atoms with van der Waals surface area (Å²) < 4.78 is 8.27. The van der Waals surface area contributed by atoms with Crippen LogP contribution in [0.3, 0.4) is 0 Å². The third kappa shape index (κ3) is 4.15. The van der Waals surface area contributed by atoms with E-state index in [4.69, 9.17) is 9.84 Å². The number of halogens is 1. The molecule has 10 heteroatoms. The van der Waals surface area contributed by atoms with Gasteiger partial charge in [-0.15, -0.1) is 0 Å². The van der Waals surface area contributed by atoms with Crippen LogP contribution in [0, 0.1) is 0 Å². The molecule has 1 aliphatic heterocycles. The number of hydrogen-bond donors (Lipinski definition) is 5. The molecule has 0 bridgehead atoms. The zero-order chi connectivity index (χ0) is 17.1. The molecule has 1 saturated heterocycles. The molecule has 0 aromatic carbocycles. The number of nitrogens with one attached hydrogen (secondary N) is 1. The van der Waals surface area contributed by atoms with E-state index in [9.17, 15) is 24.9 Å². The molecule has 0 spiro atoms. The first kappa shape index (κ1) is 19.3. The van der Waals surface area contributed by atoms with Gasteiger partial charge in [0.1, 0.15) is 18.3 Å². The van der Waals surface area contributed by atoms with Crippen LogP contribution >= 0.6 is 15.9 Å². The molecule has 0 radical (unpaired) electrons. The van der Waals surface area contributed by atoms with Crippen molar-refractivity contribution >= 4 is 27.8 Å². The predicted molar refractivity (Wildman–Crippen MR) is 75.9 cm³/mol. The summed E-state index contributed by atoms with van der Waals surface area (Å²) in [6.07, 6.45) is -6.10. The number of carbonyl (C=O) groups excluding carboxylic acids is 2. The van der Waals surface area contributed by atoms with Gasteiger partial charge in [0, 0.05) is 13.3 Å². The Hall–Kier alpha value is -0.780. The van der Waals surface area contributed by atoms with E-state index in [1.807, 2.05) is 0 Å².